The maximum atomic E-state index is 13.7. The van der Waals surface area contributed by atoms with Crippen LogP contribution in [-0.2, 0) is 4.79 Å². The summed E-state index contributed by atoms with van der Waals surface area (Å²) in [5.41, 5.74) is 4.74. The number of benzene rings is 3. The number of amides is 1. The molecule has 198 valence electrons. The topological polar surface area (TPSA) is 74.5 Å². The third kappa shape index (κ3) is 6.39. The smallest absolute Gasteiger partial charge is 0.223 e. The molecule has 4 aromatic rings. The van der Waals surface area contributed by atoms with Crippen LogP contribution in [0.5, 0.6) is 0 Å². The van der Waals surface area contributed by atoms with Gasteiger partial charge >= 0.3 is 0 Å². The number of rotatable bonds is 10. The molecule has 4 rings (SSSR count). The van der Waals surface area contributed by atoms with Crippen LogP contribution in [0.15, 0.2) is 84.9 Å². The standard InChI is InChI=1S/C32H35FN2O3/c1-21(2)35-29-12-8-7-11-28(29)32(24-13-15-25(33)16-14-24)30(35)18-17-26(36)19-27(37)20-31(38)34-22(3)23-9-5-4-6-10-23/h4-18,21-22,26-27,36-37H,19-20H2,1-3H3,(H,34,38)/t22-,26+,27+/m0/s1. The number of aliphatic hydroxyl groups is 2. The Kier molecular flexibility index (Phi) is 8.77. The molecule has 3 N–H and O–H groups in total. The van der Waals surface area contributed by atoms with Crippen molar-refractivity contribution in [2.24, 2.45) is 0 Å². The number of nitrogens with one attached hydrogen (secondary N) is 1. The Hall–Kier alpha value is -3.74. The number of hydrogen-bond donors (Lipinski definition) is 3. The van der Waals surface area contributed by atoms with Crippen molar-refractivity contribution in [1.29, 1.82) is 0 Å². The molecular formula is C32H35FN2O3. The molecule has 0 saturated heterocycles. The molecule has 0 fully saturated rings. The summed E-state index contributed by atoms with van der Waals surface area (Å²) in [6, 6.07) is 24.0. The fourth-order valence-electron chi connectivity index (χ4n) is 4.91. The molecule has 0 aliphatic rings. The minimum Gasteiger partial charge on any atom is -0.392 e. The number of halogens is 1. The van der Waals surface area contributed by atoms with Crippen molar-refractivity contribution in [2.75, 3.05) is 0 Å². The van der Waals surface area contributed by atoms with E-state index in [0.29, 0.717) is 0 Å². The lowest BCUT2D eigenvalue weighted by atomic mass is 10.0. The molecule has 1 heterocycles. The van der Waals surface area contributed by atoms with Crippen molar-refractivity contribution < 1.29 is 19.4 Å². The first kappa shape index (κ1) is 27.3. The van der Waals surface area contributed by atoms with E-state index >= 15 is 0 Å². The molecule has 3 atom stereocenters. The molecule has 5 nitrogen and oxygen atoms in total. The average molecular weight is 515 g/mol. The van der Waals surface area contributed by atoms with Crippen molar-refractivity contribution >= 4 is 22.9 Å². The highest BCUT2D eigenvalue weighted by Crippen LogP contribution is 2.38. The Morgan fingerprint density at radius 3 is 2.29 bits per heavy atom. The van der Waals surface area contributed by atoms with Crippen molar-refractivity contribution in [3.05, 3.63) is 102 Å². The Bertz CT molecular complexity index is 1390. The maximum Gasteiger partial charge on any atom is 0.223 e. The number of fused-ring (bicyclic) bond motifs is 1. The second kappa shape index (κ2) is 12.2. The van der Waals surface area contributed by atoms with Crippen molar-refractivity contribution in [3.63, 3.8) is 0 Å². The predicted molar refractivity (Wildman–Crippen MR) is 151 cm³/mol. The Morgan fingerprint density at radius 2 is 1.61 bits per heavy atom. The van der Waals surface area contributed by atoms with E-state index in [4.69, 9.17) is 0 Å². The van der Waals surface area contributed by atoms with Gasteiger partial charge in [-0.2, -0.15) is 0 Å². The van der Waals surface area contributed by atoms with Gasteiger partial charge < -0.3 is 20.1 Å². The lowest BCUT2D eigenvalue weighted by Gasteiger charge is -2.17. The van der Waals surface area contributed by atoms with Gasteiger partial charge in [-0.3, -0.25) is 4.79 Å². The van der Waals surface area contributed by atoms with E-state index in [0.717, 1.165) is 33.3 Å². The molecule has 3 aromatic carbocycles. The summed E-state index contributed by atoms with van der Waals surface area (Å²) >= 11 is 0. The van der Waals surface area contributed by atoms with Crippen molar-refractivity contribution in [3.8, 4) is 11.1 Å². The SMILES string of the molecule is CC(C)n1c(C=C[C@@H](O)C[C@@H](O)CC(=O)N[C@@H](C)c2ccccc2)c(-c2ccc(F)cc2)c2ccccc21. The van der Waals surface area contributed by atoms with Crippen LogP contribution in [0.2, 0.25) is 0 Å². The van der Waals surface area contributed by atoms with E-state index in [-0.39, 0.29) is 36.6 Å². The highest BCUT2D eigenvalue weighted by Gasteiger charge is 2.20. The summed E-state index contributed by atoms with van der Waals surface area (Å²) in [7, 11) is 0. The van der Waals surface area contributed by atoms with Gasteiger partial charge in [0.1, 0.15) is 5.82 Å². The molecule has 0 aliphatic heterocycles. The van der Waals surface area contributed by atoms with Gasteiger partial charge in [0.2, 0.25) is 5.91 Å². The van der Waals surface area contributed by atoms with Crippen LogP contribution in [0.3, 0.4) is 0 Å². The number of aromatic nitrogens is 1. The van der Waals surface area contributed by atoms with Gasteiger partial charge in [0.15, 0.2) is 0 Å². The first-order valence-electron chi connectivity index (χ1n) is 13.0. The summed E-state index contributed by atoms with van der Waals surface area (Å²) in [5, 5.41) is 25.1. The van der Waals surface area contributed by atoms with E-state index in [9.17, 15) is 19.4 Å². The number of aliphatic hydroxyl groups excluding tert-OH is 2. The Labute approximate surface area is 223 Å². The third-order valence-corrected chi connectivity index (χ3v) is 6.69. The van der Waals surface area contributed by atoms with E-state index in [2.05, 4.69) is 29.8 Å². The molecular weight excluding hydrogens is 479 g/mol. The predicted octanol–water partition coefficient (Wildman–Crippen LogP) is 6.42. The number of carbonyl (C=O) groups excluding carboxylic acids is 1. The fraction of sp³-hybridized carbons (Fsp3) is 0.281. The lowest BCUT2D eigenvalue weighted by molar-refractivity contribution is -0.123. The van der Waals surface area contributed by atoms with Gasteiger partial charge in [0, 0.05) is 34.6 Å². The van der Waals surface area contributed by atoms with Crippen LogP contribution in [-0.4, -0.2) is 32.9 Å². The second-order valence-electron chi connectivity index (χ2n) is 9.97. The minimum atomic E-state index is -0.995. The first-order valence-corrected chi connectivity index (χ1v) is 13.0. The number of carbonyl (C=O) groups is 1. The third-order valence-electron chi connectivity index (χ3n) is 6.69. The molecule has 0 bridgehead atoms. The van der Waals surface area contributed by atoms with Gasteiger partial charge in [0.05, 0.1) is 24.7 Å². The molecule has 0 saturated carbocycles. The van der Waals surface area contributed by atoms with Gasteiger partial charge in [0.25, 0.3) is 0 Å². The van der Waals surface area contributed by atoms with Crippen molar-refractivity contribution in [1.82, 2.24) is 9.88 Å². The van der Waals surface area contributed by atoms with E-state index in [1.165, 1.54) is 12.1 Å². The number of hydrogen-bond acceptors (Lipinski definition) is 3. The van der Waals surface area contributed by atoms with Crippen LogP contribution in [0.1, 0.15) is 57.0 Å². The Balaban J connectivity index is 1.51. The van der Waals surface area contributed by atoms with E-state index in [1.807, 2.05) is 61.5 Å². The molecule has 1 amide bonds. The molecule has 6 heteroatoms. The first-order chi connectivity index (χ1) is 18.2. The highest BCUT2D eigenvalue weighted by molar-refractivity contribution is 6.01. The summed E-state index contributed by atoms with van der Waals surface area (Å²) in [6.07, 6.45) is 1.47. The monoisotopic (exact) mass is 514 g/mol. The zero-order valence-corrected chi connectivity index (χ0v) is 22.0. The molecule has 1 aromatic heterocycles. The normalized spacial score (nSPS) is 14.2. The number of nitrogens with zero attached hydrogens (tertiary/aromatic N) is 1. The minimum absolute atomic E-state index is 0.0252. The molecule has 0 aliphatic carbocycles. The lowest BCUT2D eigenvalue weighted by Crippen LogP contribution is -2.31. The zero-order valence-electron chi connectivity index (χ0n) is 22.0. The second-order valence-corrected chi connectivity index (χ2v) is 9.97. The van der Waals surface area contributed by atoms with Crippen LogP contribution < -0.4 is 5.32 Å². The maximum absolute atomic E-state index is 13.7. The highest BCUT2D eigenvalue weighted by atomic mass is 19.1. The molecule has 0 radical (unpaired) electrons. The van der Waals surface area contributed by atoms with Gasteiger partial charge in [-0.05, 0) is 56.2 Å². The van der Waals surface area contributed by atoms with Crippen LogP contribution in [0.4, 0.5) is 4.39 Å². The summed E-state index contributed by atoms with van der Waals surface area (Å²) in [5.74, 6) is -0.575. The van der Waals surface area contributed by atoms with Crippen LogP contribution >= 0.6 is 0 Å². The van der Waals surface area contributed by atoms with Crippen LogP contribution in [0, 0.1) is 5.82 Å². The van der Waals surface area contributed by atoms with Gasteiger partial charge in [-0.1, -0.05) is 66.7 Å². The summed E-state index contributed by atoms with van der Waals surface area (Å²) in [6.45, 7) is 6.07. The van der Waals surface area contributed by atoms with Crippen LogP contribution in [0.25, 0.3) is 28.1 Å². The van der Waals surface area contributed by atoms with E-state index in [1.54, 1.807) is 18.2 Å². The Morgan fingerprint density at radius 1 is 0.947 bits per heavy atom. The zero-order chi connectivity index (χ0) is 27.2. The molecule has 0 spiro atoms. The largest absolute Gasteiger partial charge is 0.392 e. The fourth-order valence-corrected chi connectivity index (χ4v) is 4.91. The number of para-hydroxylation sites is 1. The van der Waals surface area contributed by atoms with Gasteiger partial charge in [-0.15, -0.1) is 0 Å². The van der Waals surface area contributed by atoms with Gasteiger partial charge in [-0.25, -0.2) is 4.39 Å². The summed E-state index contributed by atoms with van der Waals surface area (Å²) < 4.78 is 15.9. The molecule has 0 unspecified atom stereocenters. The average Bonchev–Trinajstić information content (AvgIpc) is 3.22. The van der Waals surface area contributed by atoms with E-state index < -0.39 is 12.2 Å². The molecule has 38 heavy (non-hydrogen) atoms. The quantitative estimate of drug-likeness (QED) is 0.229. The van der Waals surface area contributed by atoms with Crippen molar-refractivity contribution in [2.45, 2.75) is 57.9 Å². The summed E-state index contributed by atoms with van der Waals surface area (Å²) in [4.78, 5) is 12.4.